The molecule has 0 aliphatic carbocycles. The monoisotopic (exact) mass is 388 g/mol. The number of nitrogens with zero attached hydrogens (tertiary/aromatic N) is 4. The van der Waals surface area contributed by atoms with Crippen molar-refractivity contribution < 1.29 is 4.79 Å². The van der Waals surface area contributed by atoms with Gasteiger partial charge in [-0.2, -0.15) is 0 Å². The van der Waals surface area contributed by atoms with Crippen LogP contribution in [0.3, 0.4) is 0 Å². The van der Waals surface area contributed by atoms with Gasteiger partial charge in [0.2, 0.25) is 0 Å². The van der Waals surface area contributed by atoms with Crippen molar-refractivity contribution in [1.82, 2.24) is 20.5 Å². The number of thiazole rings is 1. The van der Waals surface area contributed by atoms with E-state index in [0.717, 1.165) is 35.3 Å². The third kappa shape index (κ3) is 6.25. The molecule has 2 N–H and O–H groups in total. The molecule has 8 heteroatoms. The summed E-state index contributed by atoms with van der Waals surface area (Å²) in [5.74, 6) is 0.748. The quantitative estimate of drug-likeness (QED) is 0.559. The Balaban J connectivity index is 1.82. The molecule has 1 amide bonds. The normalized spacial score (nSPS) is 11.2. The van der Waals surface area contributed by atoms with Gasteiger partial charge in [0.1, 0.15) is 0 Å². The number of nitrogens with one attached hydrogen (secondary N) is 2. The minimum absolute atomic E-state index is 0.0163. The fraction of sp³-hybridized carbons (Fsp3) is 0.421. The van der Waals surface area contributed by atoms with Crippen LogP contribution < -0.4 is 15.5 Å². The first-order valence-corrected chi connectivity index (χ1v) is 9.65. The number of rotatable bonds is 7. The molecule has 1 aromatic heterocycles. The van der Waals surface area contributed by atoms with Crippen molar-refractivity contribution in [1.29, 1.82) is 0 Å². The number of amides is 1. The van der Waals surface area contributed by atoms with Gasteiger partial charge in [-0.15, -0.1) is 11.3 Å². The van der Waals surface area contributed by atoms with Gasteiger partial charge in [-0.1, -0.05) is 12.1 Å². The molecule has 1 aromatic carbocycles. The summed E-state index contributed by atoms with van der Waals surface area (Å²) in [6.45, 7) is 1.34. The highest BCUT2D eigenvalue weighted by Gasteiger charge is 2.08. The SMILES string of the molecule is CN=C(NCCc1cccc(C(=O)N(C)C)c1)NCc1csc(N(C)C)n1. The number of aliphatic imine (C=N–C) groups is 1. The molecule has 0 aliphatic heterocycles. The van der Waals surface area contributed by atoms with Gasteiger partial charge in [0.05, 0.1) is 12.2 Å². The minimum atomic E-state index is 0.0163. The Bertz CT molecular complexity index is 784. The van der Waals surface area contributed by atoms with Gasteiger partial charge in [-0.05, 0) is 24.1 Å². The van der Waals surface area contributed by atoms with Crippen molar-refractivity contribution in [3.8, 4) is 0 Å². The number of carbonyl (C=O) groups excluding carboxylic acids is 1. The van der Waals surface area contributed by atoms with E-state index in [0.29, 0.717) is 12.1 Å². The Morgan fingerprint density at radius 3 is 2.63 bits per heavy atom. The first kappa shape index (κ1) is 20.7. The fourth-order valence-electron chi connectivity index (χ4n) is 2.42. The maximum absolute atomic E-state index is 12.1. The Hall–Kier alpha value is -2.61. The highest BCUT2D eigenvalue weighted by molar-refractivity contribution is 7.13. The Morgan fingerprint density at radius 2 is 2.00 bits per heavy atom. The molecule has 0 saturated carbocycles. The topological polar surface area (TPSA) is 72.9 Å². The van der Waals surface area contributed by atoms with Crippen molar-refractivity contribution in [3.63, 3.8) is 0 Å². The molecule has 2 rings (SSSR count). The summed E-state index contributed by atoms with van der Waals surface area (Å²) in [5, 5.41) is 9.60. The summed E-state index contributed by atoms with van der Waals surface area (Å²) in [7, 11) is 9.24. The van der Waals surface area contributed by atoms with Crippen LogP contribution in [0.25, 0.3) is 0 Å². The Labute approximate surface area is 165 Å². The van der Waals surface area contributed by atoms with Crippen molar-refractivity contribution in [3.05, 3.63) is 46.5 Å². The third-order valence-corrected chi connectivity index (χ3v) is 4.93. The molecule has 0 aliphatic rings. The molecule has 0 bridgehead atoms. The van der Waals surface area contributed by atoms with Crippen LogP contribution in [0.1, 0.15) is 21.6 Å². The van der Waals surface area contributed by atoms with Crippen LogP contribution in [0.15, 0.2) is 34.6 Å². The zero-order valence-electron chi connectivity index (χ0n) is 16.6. The van der Waals surface area contributed by atoms with Crippen LogP contribution >= 0.6 is 11.3 Å². The lowest BCUT2D eigenvalue weighted by Crippen LogP contribution is -2.38. The molecular formula is C19H28N6OS. The summed E-state index contributed by atoms with van der Waals surface area (Å²) < 4.78 is 0. The first-order valence-electron chi connectivity index (χ1n) is 8.77. The largest absolute Gasteiger partial charge is 0.356 e. The minimum Gasteiger partial charge on any atom is -0.356 e. The average Bonchev–Trinajstić information content (AvgIpc) is 3.13. The molecular weight excluding hydrogens is 360 g/mol. The van der Waals surface area contributed by atoms with Crippen LogP contribution in [-0.4, -0.2) is 63.5 Å². The smallest absolute Gasteiger partial charge is 0.253 e. The zero-order valence-corrected chi connectivity index (χ0v) is 17.4. The van der Waals surface area contributed by atoms with Gasteiger partial charge in [0, 0.05) is 52.7 Å². The van der Waals surface area contributed by atoms with E-state index in [-0.39, 0.29) is 5.91 Å². The van der Waals surface area contributed by atoms with Gasteiger partial charge in [0.25, 0.3) is 5.91 Å². The van der Waals surface area contributed by atoms with E-state index in [2.05, 4.69) is 20.6 Å². The number of hydrogen-bond donors (Lipinski definition) is 2. The summed E-state index contributed by atoms with van der Waals surface area (Å²) in [5.41, 5.74) is 2.81. The van der Waals surface area contributed by atoms with E-state index in [1.165, 1.54) is 0 Å². The summed E-state index contributed by atoms with van der Waals surface area (Å²) in [4.78, 5) is 24.4. The van der Waals surface area contributed by atoms with Gasteiger partial charge in [-0.3, -0.25) is 9.79 Å². The van der Waals surface area contributed by atoms with Crippen molar-refractivity contribution in [2.45, 2.75) is 13.0 Å². The van der Waals surface area contributed by atoms with Gasteiger partial charge in [-0.25, -0.2) is 4.98 Å². The molecule has 0 spiro atoms. The van der Waals surface area contributed by atoms with E-state index in [9.17, 15) is 4.79 Å². The molecule has 0 radical (unpaired) electrons. The molecule has 2 aromatic rings. The van der Waals surface area contributed by atoms with Crippen molar-refractivity contribution in [2.75, 3.05) is 46.7 Å². The molecule has 27 heavy (non-hydrogen) atoms. The van der Waals surface area contributed by atoms with Gasteiger partial charge in [0.15, 0.2) is 11.1 Å². The molecule has 1 heterocycles. The lowest BCUT2D eigenvalue weighted by atomic mass is 10.1. The van der Waals surface area contributed by atoms with Crippen LogP contribution in [-0.2, 0) is 13.0 Å². The molecule has 0 unspecified atom stereocenters. The fourth-order valence-corrected chi connectivity index (χ4v) is 3.18. The number of aromatic nitrogens is 1. The highest BCUT2D eigenvalue weighted by atomic mass is 32.1. The highest BCUT2D eigenvalue weighted by Crippen LogP contribution is 2.17. The summed E-state index contributed by atoms with van der Waals surface area (Å²) >= 11 is 1.62. The molecule has 0 saturated heterocycles. The Morgan fingerprint density at radius 1 is 1.22 bits per heavy atom. The predicted molar refractivity (Wildman–Crippen MR) is 113 cm³/mol. The van der Waals surface area contributed by atoms with Gasteiger partial charge < -0.3 is 20.4 Å². The standard InChI is InChI=1S/C19H28N6OS/c1-20-18(22-12-16-13-27-19(23-16)25(4)5)21-10-9-14-7-6-8-15(11-14)17(26)24(2)3/h6-8,11,13H,9-10,12H2,1-5H3,(H2,20,21,22). The van der Waals surface area contributed by atoms with E-state index >= 15 is 0 Å². The predicted octanol–water partition coefficient (Wildman–Crippen LogP) is 1.82. The summed E-state index contributed by atoms with van der Waals surface area (Å²) in [6, 6.07) is 7.74. The van der Waals surface area contributed by atoms with E-state index in [1.807, 2.05) is 48.6 Å². The summed E-state index contributed by atoms with van der Waals surface area (Å²) in [6.07, 6.45) is 0.802. The second-order valence-corrected chi connectivity index (χ2v) is 7.35. The third-order valence-electron chi connectivity index (χ3n) is 3.87. The second kappa shape index (κ2) is 9.91. The lowest BCUT2D eigenvalue weighted by molar-refractivity contribution is 0.0827. The number of hydrogen-bond acceptors (Lipinski definition) is 5. The van der Waals surface area contributed by atoms with Gasteiger partial charge >= 0.3 is 0 Å². The van der Waals surface area contributed by atoms with Crippen LogP contribution in [0.2, 0.25) is 0 Å². The van der Waals surface area contributed by atoms with Crippen LogP contribution in [0.4, 0.5) is 5.13 Å². The van der Waals surface area contributed by atoms with Crippen molar-refractivity contribution >= 4 is 28.3 Å². The molecule has 146 valence electrons. The van der Waals surface area contributed by atoms with E-state index < -0.39 is 0 Å². The second-order valence-electron chi connectivity index (χ2n) is 6.52. The molecule has 0 fully saturated rings. The van der Waals surface area contributed by atoms with E-state index in [4.69, 9.17) is 0 Å². The van der Waals surface area contributed by atoms with Crippen LogP contribution in [0, 0.1) is 0 Å². The lowest BCUT2D eigenvalue weighted by Gasteiger charge is -2.13. The average molecular weight is 389 g/mol. The number of benzene rings is 1. The Kier molecular flexibility index (Phi) is 7.60. The first-order chi connectivity index (χ1) is 12.9. The van der Waals surface area contributed by atoms with Crippen molar-refractivity contribution in [2.24, 2.45) is 4.99 Å². The maximum Gasteiger partial charge on any atom is 0.253 e. The number of guanidine groups is 1. The zero-order chi connectivity index (χ0) is 19.8. The molecule has 7 nitrogen and oxygen atoms in total. The van der Waals surface area contributed by atoms with E-state index in [1.54, 1.807) is 37.4 Å². The molecule has 0 atom stereocenters. The maximum atomic E-state index is 12.1. The van der Waals surface area contributed by atoms with Crippen LogP contribution in [0.5, 0.6) is 0 Å². The number of anilines is 1. The number of carbonyl (C=O) groups is 1.